The molecule has 0 heterocycles. The molecule has 2 rings (SSSR count). The van der Waals surface area contributed by atoms with Crippen molar-refractivity contribution in [2.75, 3.05) is 11.9 Å². The summed E-state index contributed by atoms with van der Waals surface area (Å²) in [4.78, 5) is 12.2. The summed E-state index contributed by atoms with van der Waals surface area (Å²) in [5.74, 6) is 0.325. The van der Waals surface area contributed by atoms with Crippen molar-refractivity contribution in [3.63, 3.8) is 0 Å². The van der Waals surface area contributed by atoms with E-state index in [0.717, 1.165) is 5.56 Å². The first-order valence-electron chi connectivity index (χ1n) is 8.68. The quantitative estimate of drug-likeness (QED) is 0.773. The zero-order valence-corrected chi connectivity index (χ0v) is 16.4. The molecule has 0 aliphatic carbocycles. The minimum absolute atomic E-state index is 0.149. The topological polar surface area (TPSA) is 75.3 Å². The fourth-order valence-electron chi connectivity index (χ4n) is 2.43. The fourth-order valence-corrected chi connectivity index (χ4v) is 3.41. The molecule has 6 heteroatoms. The lowest BCUT2D eigenvalue weighted by Gasteiger charge is -2.10. The van der Waals surface area contributed by atoms with Gasteiger partial charge in [-0.05, 0) is 47.2 Å². The third-order valence-electron chi connectivity index (χ3n) is 4.14. The second-order valence-electron chi connectivity index (χ2n) is 6.87. The lowest BCUT2D eigenvalue weighted by Crippen LogP contribution is -2.32. The van der Waals surface area contributed by atoms with E-state index in [9.17, 15) is 13.2 Å². The Kier molecular flexibility index (Phi) is 6.56. The van der Waals surface area contributed by atoms with Gasteiger partial charge >= 0.3 is 0 Å². The number of hydrogen-bond donors (Lipinski definition) is 2. The molecule has 0 aliphatic rings. The molecule has 26 heavy (non-hydrogen) atoms. The van der Waals surface area contributed by atoms with Crippen LogP contribution in [0.1, 0.15) is 50.7 Å². The van der Waals surface area contributed by atoms with Gasteiger partial charge in [-0.15, -0.1) is 0 Å². The van der Waals surface area contributed by atoms with Gasteiger partial charge in [-0.25, -0.2) is 13.1 Å². The van der Waals surface area contributed by atoms with E-state index in [1.54, 1.807) is 24.3 Å². The van der Waals surface area contributed by atoms with Crippen LogP contribution in [0, 0.1) is 0 Å². The SMILES string of the molecule is CC(C)c1ccc(NC(=O)CNS(=O)(=O)c2ccc(C(C)C)cc2)cc1. The molecule has 5 nitrogen and oxygen atoms in total. The largest absolute Gasteiger partial charge is 0.325 e. The Morgan fingerprint density at radius 3 is 1.77 bits per heavy atom. The van der Waals surface area contributed by atoms with Crippen molar-refractivity contribution in [3.8, 4) is 0 Å². The Labute approximate surface area is 155 Å². The van der Waals surface area contributed by atoms with Gasteiger partial charge in [-0.1, -0.05) is 52.0 Å². The summed E-state index contributed by atoms with van der Waals surface area (Å²) in [6.45, 7) is 7.95. The number of nitrogens with one attached hydrogen (secondary N) is 2. The first kappa shape index (κ1) is 20.1. The molecular weight excluding hydrogens is 348 g/mol. The Morgan fingerprint density at radius 2 is 1.31 bits per heavy atom. The minimum Gasteiger partial charge on any atom is -0.325 e. The van der Waals surface area contributed by atoms with Gasteiger partial charge in [-0.2, -0.15) is 0 Å². The zero-order chi connectivity index (χ0) is 19.3. The van der Waals surface area contributed by atoms with Gasteiger partial charge < -0.3 is 5.32 Å². The van der Waals surface area contributed by atoms with E-state index in [1.165, 1.54) is 5.56 Å². The molecule has 0 unspecified atom stereocenters. The van der Waals surface area contributed by atoms with Crippen LogP contribution < -0.4 is 10.0 Å². The summed E-state index contributed by atoms with van der Waals surface area (Å²) in [6.07, 6.45) is 0. The van der Waals surface area contributed by atoms with Gasteiger partial charge in [0.25, 0.3) is 0 Å². The van der Waals surface area contributed by atoms with Crippen LogP contribution in [-0.2, 0) is 14.8 Å². The van der Waals surface area contributed by atoms with Gasteiger partial charge in [0.15, 0.2) is 0 Å². The second-order valence-corrected chi connectivity index (χ2v) is 8.64. The van der Waals surface area contributed by atoms with Crippen molar-refractivity contribution in [2.45, 2.75) is 44.4 Å². The van der Waals surface area contributed by atoms with Crippen LogP contribution >= 0.6 is 0 Å². The summed E-state index contributed by atoms with van der Waals surface area (Å²) in [5.41, 5.74) is 2.87. The normalized spacial score (nSPS) is 11.8. The predicted molar refractivity (Wildman–Crippen MR) is 105 cm³/mol. The molecule has 0 spiro atoms. The molecule has 0 atom stereocenters. The number of benzene rings is 2. The van der Waals surface area contributed by atoms with Gasteiger partial charge in [0.05, 0.1) is 11.4 Å². The third kappa shape index (κ3) is 5.41. The average Bonchev–Trinajstić information content (AvgIpc) is 2.60. The highest BCUT2D eigenvalue weighted by Crippen LogP contribution is 2.18. The fraction of sp³-hybridized carbons (Fsp3) is 0.350. The predicted octanol–water partition coefficient (Wildman–Crippen LogP) is 3.85. The van der Waals surface area contributed by atoms with Crippen molar-refractivity contribution < 1.29 is 13.2 Å². The number of hydrogen-bond acceptors (Lipinski definition) is 3. The molecule has 0 radical (unpaired) electrons. The van der Waals surface area contributed by atoms with Crippen LogP contribution in [0.5, 0.6) is 0 Å². The van der Waals surface area contributed by atoms with Crippen LogP contribution in [0.4, 0.5) is 5.69 Å². The molecule has 2 aromatic carbocycles. The Bertz CT molecular complexity index is 840. The van der Waals surface area contributed by atoms with Crippen LogP contribution in [0.15, 0.2) is 53.4 Å². The lowest BCUT2D eigenvalue weighted by atomic mass is 10.0. The molecule has 0 aromatic heterocycles. The molecule has 0 saturated heterocycles. The molecule has 0 aliphatic heterocycles. The highest BCUT2D eigenvalue weighted by atomic mass is 32.2. The maximum Gasteiger partial charge on any atom is 0.241 e. The molecule has 2 aromatic rings. The van der Waals surface area contributed by atoms with E-state index >= 15 is 0 Å². The van der Waals surface area contributed by atoms with E-state index in [-0.39, 0.29) is 11.4 Å². The first-order valence-corrected chi connectivity index (χ1v) is 10.2. The van der Waals surface area contributed by atoms with Crippen LogP contribution in [0.25, 0.3) is 0 Å². The van der Waals surface area contributed by atoms with Crippen molar-refractivity contribution in [3.05, 3.63) is 59.7 Å². The maximum atomic E-state index is 12.3. The summed E-state index contributed by atoms with van der Waals surface area (Å²) in [7, 11) is -3.72. The van der Waals surface area contributed by atoms with E-state index in [2.05, 4.69) is 23.9 Å². The number of rotatable bonds is 7. The van der Waals surface area contributed by atoms with Crippen LogP contribution in [-0.4, -0.2) is 20.9 Å². The molecular formula is C20H26N2O3S. The molecule has 0 saturated carbocycles. The first-order chi connectivity index (χ1) is 12.2. The highest BCUT2D eigenvalue weighted by molar-refractivity contribution is 7.89. The molecule has 0 fully saturated rings. The van der Waals surface area contributed by atoms with Crippen molar-refractivity contribution in [1.29, 1.82) is 0 Å². The average molecular weight is 375 g/mol. The molecule has 140 valence electrons. The number of carbonyl (C=O) groups is 1. The van der Waals surface area contributed by atoms with E-state index in [4.69, 9.17) is 0 Å². The van der Waals surface area contributed by atoms with Crippen LogP contribution in [0.3, 0.4) is 0 Å². The van der Waals surface area contributed by atoms with E-state index in [1.807, 2.05) is 38.1 Å². The Morgan fingerprint density at radius 1 is 0.846 bits per heavy atom. The number of sulfonamides is 1. The zero-order valence-electron chi connectivity index (χ0n) is 15.6. The minimum atomic E-state index is -3.72. The molecule has 0 bridgehead atoms. The summed E-state index contributed by atoms with van der Waals surface area (Å²) < 4.78 is 26.9. The van der Waals surface area contributed by atoms with Crippen molar-refractivity contribution >= 4 is 21.6 Å². The third-order valence-corrected chi connectivity index (χ3v) is 5.56. The summed E-state index contributed by atoms with van der Waals surface area (Å²) in [6, 6.07) is 14.2. The lowest BCUT2D eigenvalue weighted by molar-refractivity contribution is -0.115. The van der Waals surface area contributed by atoms with Gasteiger partial charge in [0, 0.05) is 5.69 Å². The molecule has 2 N–H and O–H groups in total. The van der Waals surface area contributed by atoms with E-state index in [0.29, 0.717) is 17.5 Å². The van der Waals surface area contributed by atoms with Gasteiger partial charge in [0.2, 0.25) is 15.9 Å². The van der Waals surface area contributed by atoms with Gasteiger partial charge in [0.1, 0.15) is 0 Å². The van der Waals surface area contributed by atoms with Crippen LogP contribution in [0.2, 0.25) is 0 Å². The van der Waals surface area contributed by atoms with Gasteiger partial charge in [-0.3, -0.25) is 4.79 Å². The van der Waals surface area contributed by atoms with Crippen molar-refractivity contribution in [2.24, 2.45) is 0 Å². The number of amides is 1. The monoisotopic (exact) mass is 374 g/mol. The Balaban J connectivity index is 1.94. The molecule has 1 amide bonds. The second kappa shape index (κ2) is 8.47. The standard InChI is InChI=1S/C20H26N2O3S/c1-14(2)16-5-9-18(10-6-16)22-20(23)13-21-26(24,25)19-11-7-17(8-12-19)15(3)4/h5-12,14-15,21H,13H2,1-4H3,(H,22,23). The smallest absolute Gasteiger partial charge is 0.241 e. The van der Waals surface area contributed by atoms with E-state index < -0.39 is 15.9 Å². The number of anilines is 1. The van der Waals surface area contributed by atoms with Crippen molar-refractivity contribution in [1.82, 2.24) is 4.72 Å². The maximum absolute atomic E-state index is 12.3. The number of carbonyl (C=O) groups excluding carboxylic acids is 1. The summed E-state index contributed by atoms with van der Waals surface area (Å²) >= 11 is 0. The summed E-state index contributed by atoms with van der Waals surface area (Å²) in [5, 5.41) is 2.69. The Hall–Kier alpha value is -2.18. The highest BCUT2D eigenvalue weighted by Gasteiger charge is 2.16.